The van der Waals surface area contributed by atoms with Crippen LogP contribution >= 0.6 is 23.4 Å². The van der Waals surface area contributed by atoms with Crippen molar-refractivity contribution in [2.24, 2.45) is 0 Å². The van der Waals surface area contributed by atoms with Gasteiger partial charge in [0.05, 0.1) is 7.11 Å². The van der Waals surface area contributed by atoms with Crippen molar-refractivity contribution in [2.75, 3.05) is 13.0 Å². The van der Waals surface area contributed by atoms with E-state index in [0.29, 0.717) is 11.0 Å². The molecule has 0 fully saturated rings. The van der Waals surface area contributed by atoms with Crippen LogP contribution in [-0.2, 0) is 0 Å². The van der Waals surface area contributed by atoms with Crippen LogP contribution in [-0.4, -0.2) is 22.0 Å². The smallest absolute Gasteiger partial charge is 0.210 e. The van der Waals surface area contributed by atoms with Crippen LogP contribution in [0.5, 0.6) is 5.75 Å². The lowest BCUT2D eigenvalue weighted by Crippen LogP contribution is -2.12. The van der Waals surface area contributed by atoms with Gasteiger partial charge in [-0.3, -0.25) is 0 Å². The standard InChI is InChI=1S/C17H17ClN4OS/c1-11(14-5-3-4-6-15(14)18)24-17-21-20-16(22(17)19)12-7-9-13(23-2)10-8-12/h3-11H,19H2,1-2H3. The predicted molar refractivity (Wildman–Crippen MR) is 97.9 cm³/mol. The van der Waals surface area contributed by atoms with Crippen LogP contribution in [0.2, 0.25) is 5.02 Å². The van der Waals surface area contributed by atoms with Gasteiger partial charge in [0.1, 0.15) is 5.75 Å². The van der Waals surface area contributed by atoms with Crippen LogP contribution in [0, 0.1) is 0 Å². The van der Waals surface area contributed by atoms with E-state index in [-0.39, 0.29) is 5.25 Å². The van der Waals surface area contributed by atoms with Crippen molar-refractivity contribution in [3.8, 4) is 17.1 Å². The van der Waals surface area contributed by atoms with Gasteiger partial charge in [0, 0.05) is 15.8 Å². The third-order valence-electron chi connectivity index (χ3n) is 3.64. The molecule has 5 nitrogen and oxygen atoms in total. The molecule has 0 saturated heterocycles. The maximum Gasteiger partial charge on any atom is 0.210 e. The normalized spacial score (nSPS) is 12.1. The minimum Gasteiger partial charge on any atom is -0.497 e. The molecule has 2 N–H and O–H groups in total. The number of hydrogen-bond donors (Lipinski definition) is 1. The molecular formula is C17H17ClN4OS. The van der Waals surface area contributed by atoms with Gasteiger partial charge in [-0.25, -0.2) is 4.68 Å². The molecule has 0 saturated carbocycles. The third kappa shape index (κ3) is 3.34. The molecule has 0 aliphatic heterocycles. The summed E-state index contributed by atoms with van der Waals surface area (Å²) in [6.07, 6.45) is 0. The average molecular weight is 361 g/mol. The minimum atomic E-state index is 0.105. The Morgan fingerprint density at radius 1 is 1.12 bits per heavy atom. The Kier molecular flexibility index (Phi) is 4.97. The van der Waals surface area contributed by atoms with Crippen molar-refractivity contribution >= 4 is 23.4 Å². The van der Waals surface area contributed by atoms with Crippen molar-refractivity contribution in [3.05, 3.63) is 59.1 Å². The fourth-order valence-electron chi connectivity index (χ4n) is 2.32. The number of aromatic nitrogens is 3. The average Bonchev–Trinajstić information content (AvgIpc) is 2.96. The topological polar surface area (TPSA) is 66.0 Å². The molecule has 0 amide bonds. The summed E-state index contributed by atoms with van der Waals surface area (Å²) < 4.78 is 6.66. The molecule has 24 heavy (non-hydrogen) atoms. The molecule has 1 atom stereocenters. The van der Waals surface area contributed by atoms with E-state index in [1.807, 2.05) is 48.5 Å². The molecule has 1 heterocycles. The van der Waals surface area contributed by atoms with E-state index in [4.69, 9.17) is 22.2 Å². The van der Waals surface area contributed by atoms with E-state index in [1.165, 1.54) is 16.4 Å². The van der Waals surface area contributed by atoms with Crippen LogP contribution in [0.25, 0.3) is 11.4 Å². The molecule has 1 aromatic heterocycles. The number of thioether (sulfide) groups is 1. The highest BCUT2D eigenvalue weighted by atomic mass is 35.5. The Bertz CT molecular complexity index is 835. The Labute approximate surface area is 149 Å². The van der Waals surface area contributed by atoms with Crippen molar-refractivity contribution in [3.63, 3.8) is 0 Å². The monoisotopic (exact) mass is 360 g/mol. The maximum atomic E-state index is 6.26. The SMILES string of the molecule is COc1ccc(-c2nnc(SC(C)c3ccccc3Cl)n2N)cc1. The molecular weight excluding hydrogens is 344 g/mol. The van der Waals surface area contributed by atoms with Gasteiger partial charge in [-0.05, 0) is 42.8 Å². The van der Waals surface area contributed by atoms with Gasteiger partial charge < -0.3 is 10.6 Å². The predicted octanol–water partition coefficient (Wildman–Crippen LogP) is 4.17. The number of nitrogen functional groups attached to an aromatic ring is 1. The Hall–Kier alpha value is -2.18. The number of halogens is 1. The second-order valence-corrected chi connectivity index (χ2v) is 6.90. The summed E-state index contributed by atoms with van der Waals surface area (Å²) in [5.74, 6) is 7.56. The summed E-state index contributed by atoms with van der Waals surface area (Å²) >= 11 is 7.77. The fourth-order valence-corrected chi connectivity index (χ4v) is 3.62. The van der Waals surface area contributed by atoms with Crippen molar-refractivity contribution < 1.29 is 4.74 Å². The largest absolute Gasteiger partial charge is 0.497 e. The van der Waals surface area contributed by atoms with E-state index in [2.05, 4.69) is 17.1 Å². The second kappa shape index (κ2) is 7.15. The first-order valence-electron chi connectivity index (χ1n) is 7.36. The van der Waals surface area contributed by atoms with E-state index in [1.54, 1.807) is 7.11 Å². The molecule has 1 unspecified atom stereocenters. The van der Waals surface area contributed by atoms with Crippen LogP contribution in [0.3, 0.4) is 0 Å². The van der Waals surface area contributed by atoms with Gasteiger partial charge >= 0.3 is 0 Å². The zero-order chi connectivity index (χ0) is 17.1. The summed E-state index contributed by atoms with van der Waals surface area (Å²) in [6, 6.07) is 15.3. The van der Waals surface area contributed by atoms with Gasteiger partial charge in [-0.2, -0.15) is 0 Å². The lowest BCUT2D eigenvalue weighted by molar-refractivity contribution is 0.415. The number of nitrogens with two attached hydrogens (primary N) is 1. The summed E-state index contributed by atoms with van der Waals surface area (Å²) in [5, 5.41) is 9.88. The number of benzene rings is 2. The van der Waals surface area contributed by atoms with E-state index >= 15 is 0 Å². The number of ether oxygens (including phenoxy) is 1. The van der Waals surface area contributed by atoms with Crippen molar-refractivity contribution in [1.82, 2.24) is 14.9 Å². The molecule has 3 rings (SSSR count). The van der Waals surface area contributed by atoms with E-state index in [0.717, 1.165) is 21.9 Å². The molecule has 0 radical (unpaired) electrons. The Balaban J connectivity index is 1.83. The van der Waals surface area contributed by atoms with Crippen molar-refractivity contribution in [1.29, 1.82) is 0 Å². The van der Waals surface area contributed by atoms with Crippen LogP contribution in [0.4, 0.5) is 0 Å². The lowest BCUT2D eigenvalue weighted by atomic mass is 10.2. The molecule has 7 heteroatoms. The minimum absolute atomic E-state index is 0.105. The number of hydrogen-bond acceptors (Lipinski definition) is 5. The second-order valence-electron chi connectivity index (χ2n) is 5.19. The van der Waals surface area contributed by atoms with Gasteiger partial charge in [-0.1, -0.05) is 41.6 Å². The maximum absolute atomic E-state index is 6.26. The van der Waals surface area contributed by atoms with E-state index in [9.17, 15) is 0 Å². The quantitative estimate of drug-likeness (QED) is 0.546. The third-order valence-corrected chi connectivity index (χ3v) is 5.08. The highest BCUT2D eigenvalue weighted by Gasteiger charge is 2.17. The summed E-state index contributed by atoms with van der Waals surface area (Å²) in [6.45, 7) is 2.06. The number of methoxy groups -OCH3 is 1. The van der Waals surface area contributed by atoms with Crippen LogP contribution in [0.15, 0.2) is 53.7 Å². The zero-order valence-electron chi connectivity index (χ0n) is 13.3. The van der Waals surface area contributed by atoms with Gasteiger partial charge in [0.15, 0.2) is 5.82 Å². The molecule has 0 spiro atoms. The highest BCUT2D eigenvalue weighted by Crippen LogP contribution is 2.37. The molecule has 0 aliphatic carbocycles. The molecule has 2 aromatic carbocycles. The summed E-state index contributed by atoms with van der Waals surface area (Å²) in [7, 11) is 1.63. The highest BCUT2D eigenvalue weighted by molar-refractivity contribution is 7.99. The zero-order valence-corrected chi connectivity index (χ0v) is 14.9. The number of nitrogens with zero attached hydrogens (tertiary/aromatic N) is 3. The molecule has 0 bridgehead atoms. The summed E-state index contributed by atoms with van der Waals surface area (Å²) in [4.78, 5) is 0. The fraction of sp³-hybridized carbons (Fsp3) is 0.176. The van der Waals surface area contributed by atoms with Gasteiger partial charge in [-0.15, -0.1) is 10.2 Å². The Morgan fingerprint density at radius 3 is 2.50 bits per heavy atom. The van der Waals surface area contributed by atoms with Crippen molar-refractivity contribution in [2.45, 2.75) is 17.3 Å². The van der Waals surface area contributed by atoms with E-state index < -0.39 is 0 Å². The lowest BCUT2D eigenvalue weighted by Gasteiger charge is -2.12. The first-order chi connectivity index (χ1) is 11.6. The molecule has 3 aromatic rings. The number of rotatable bonds is 5. The first-order valence-corrected chi connectivity index (χ1v) is 8.62. The first kappa shape index (κ1) is 16.7. The Morgan fingerprint density at radius 2 is 1.83 bits per heavy atom. The van der Waals surface area contributed by atoms with Gasteiger partial charge in [0.25, 0.3) is 0 Å². The van der Waals surface area contributed by atoms with Crippen LogP contribution < -0.4 is 10.6 Å². The molecule has 0 aliphatic rings. The summed E-state index contributed by atoms with van der Waals surface area (Å²) in [5.41, 5.74) is 1.92. The molecule has 124 valence electrons. The van der Waals surface area contributed by atoms with Gasteiger partial charge in [0.2, 0.25) is 5.16 Å². The van der Waals surface area contributed by atoms with Crippen LogP contribution in [0.1, 0.15) is 17.7 Å².